The zero-order valence-electron chi connectivity index (χ0n) is 10.2. The van der Waals surface area contributed by atoms with E-state index in [4.69, 9.17) is 11.6 Å². The molecule has 0 atom stereocenters. The SMILES string of the molecule is CCCc1ccc(S(=O)(=O)N(C)CCCl)cc1. The van der Waals surface area contributed by atoms with Crippen LogP contribution in [0, 0.1) is 0 Å². The first-order valence-electron chi connectivity index (χ1n) is 5.63. The summed E-state index contributed by atoms with van der Waals surface area (Å²) in [7, 11) is -1.84. The lowest BCUT2D eigenvalue weighted by molar-refractivity contribution is 0.488. The van der Waals surface area contributed by atoms with Crippen LogP contribution in [0.4, 0.5) is 0 Å². The van der Waals surface area contributed by atoms with Crippen LogP contribution in [-0.2, 0) is 16.4 Å². The van der Waals surface area contributed by atoms with Crippen molar-refractivity contribution >= 4 is 21.6 Å². The van der Waals surface area contributed by atoms with Crippen molar-refractivity contribution in [3.8, 4) is 0 Å². The smallest absolute Gasteiger partial charge is 0.207 e. The summed E-state index contributed by atoms with van der Waals surface area (Å²) in [5, 5.41) is 0. The number of sulfonamides is 1. The highest BCUT2D eigenvalue weighted by Gasteiger charge is 2.19. The van der Waals surface area contributed by atoms with Crippen LogP contribution in [0.3, 0.4) is 0 Å². The third-order valence-corrected chi connectivity index (χ3v) is 4.61. The van der Waals surface area contributed by atoms with Crippen molar-refractivity contribution in [3.05, 3.63) is 29.8 Å². The molecule has 0 aromatic heterocycles. The van der Waals surface area contributed by atoms with Crippen molar-refractivity contribution < 1.29 is 8.42 Å². The molecule has 0 spiro atoms. The number of rotatable bonds is 6. The van der Waals surface area contributed by atoms with Crippen LogP contribution in [0.1, 0.15) is 18.9 Å². The van der Waals surface area contributed by atoms with E-state index >= 15 is 0 Å². The Bertz CT molecular complexity index is 442. The quantitative estimate of drug-likeness (QED) is 0.748. The lowest BCUT2D eigenvalue weighted by Crippen LogP contribution is -2.28. The molecule has 17 heavy (non-hydrogen) atoms. The van der Waals surface area contributed by atoms with E-state index in [1.807, 2.05) is 12.1 Å². The first kappa shape index (κ1) is 14.5. The summed E-state index contributed by atoms with van der Waals surface area (Å²) in [6, 6.07) is 7.05. The molecule has 0 saturated heterocycles. The molecular weight excluding hydrogens is 258 g/mol. The van der Waals surface area contributed by atoms with Crippen molar-refractivity contribution in [1.82, 2.24) is 4.31 Å². The summed E-state index contributed by atoms with van der Waals surface area (Å²) in [5.41, 5.74) is 1.16. The molecule has 1 aromatic carbocycles. The molecule has 0 N–H and O–H groups in total. The first-order valence-corrected chi connectivity index (χ1v) is 7.61. The Balaban J connectivity index is 2.92. The molecule has 0 saturated carbocycles. The first-order chi connectivity index (χ1) is 8.02. The van der Waals surface area contributed by atoms with E-state index < -0.39 is 10.0 Å². The maximum absolute atomic E-state index is 12.1. The number of hydrogen-bond donors (Lipinski definition) is 0. The fraction of sp³-hybridized carbons (Fsp3) is 0.500. The molecule has 3 nitrogen and oxygen atoms in total. The highest BCUT2D eigenvalue weighted by atomic mass is 35.5. The monoisotopic (exact) mass is 275 g/mol. The van der Waals surface area contributed by atoms with E-state index in [0.717, 1.165) is 18.4 Å². The van der Waals surface area contributed by atoms with Gasteiger partial charge in [0.1, 0.15) is 0 Å². The third kappa shape index (κ3) is 3.69. The van der Waals surface area contributed by atoms with Gasteiger partial charge in [0.15, 0.2) is 0 Å². The van der Waals surface area contributed by atoms with Gasteiger partial charge in [-0.15, -0.1) is 11.6 Å². The van der Waals surface area contributed by atoms with Gasteiger partial charge in [-0.3, -0.25) is 0 Å². The highest BCUT2D eigenvalue weighted by molar-refractivity contribution is 7.89. The minimum atomic E-state index is -3.38. The van der Waals surface area contributed by atoms with Crippen molar-refractivity contribution in [2.75, 3.05) is 19.5 Å². The molecule has 5 heteroatoms. The zero-order valence-corrected chi connectivity index (χ0v) is 11.8. The second-order valence-corrected chi connectivity index (χ2v) is 6.33. The standard InChI is InChI=1S/C12H18ClNO2S/c1-3-4-11-5-7-12(8-6-11)17(15,16)14(2)10-9-13/h5-8H,3-4,9-10H2,1-2H3. The molecule has 0 unspecified atom stereocenters. The summed E-state index contributed by atoms with van der Waals surface area (Å²) in [6.07, 6.45) is 2.02. The van der Waals surface area contributed by atoms with Crippen molar-refractivity contribution in [1.29, 1.82) is 0 Å². The Morgan fingerprint density at radius 2 is 1.82 bits per heavy atom. The van der Waals surface area contributed by atoms with Gasteiger partial charge >= 0.3 is 0 Å². The van der Waals surface area contributed by atoms with Gasteiger partial charge < -0.3 is 0 Å². The Morgan fingerprint density at radius 1 is 1.24 bits per heavy atom. The summed E-state index contributed by atoms with van der Waals surface area (Å²) in [5.74, 6) is 0.295. The lowest BCUT2D eigenvalue weighted by atomic mass is 10.1. The molecule has 0 bridgehead atoms. The van der Waals surface area contributed by atoms with Gasteiger partial charge in [-0.1, -0.05) is 25.5 Å². The Hall–Kier alpha value is -0.580. The highest BCUT2D eigenvalue weighted by Crippen LogP contribution is 2.15. The molecule has 0 aliphatic carbocycles. The lowest BCUT2D eigenvalue weighted by Gasteiger charge is -2.15. The second-order valence-electron chi connectivity index (χ2n) is 3.91. The molecule has 0 aliphatic heterocycles. The molecule has 96 valence electrons. The molecular formula is C12H18ClNO2S. The molecule has 0 fully saturated rings. The van der Waals surface area contributed by atoms with Crippen LogP contribution >= 0.6 is 11.6 Å². The predicted molar refractivity (Wildman–Crippen MR) is 71.0 cm³/mol. The summed E-state index contributed by atoms with van der Waals surface area (Å²) in [4.78, 5) is 0.324. The molecule has 1 rings (SSSR count). The molecule has 1 aromatic rings. The van der Waals surface area contributed by atoms with Crippen LogP contribution in [0.5, 0.6) is 0 Å². The van der Waals surface area contributed by atoms with E-state index in [1.54, 1.807) is 12.1 Å². The van der Waals surface area contributed by atoms with E-state index in [1.165, 1.54) is 11.4 Å². The summed E-state index contributed by atoms with van der Waals surface area (Å²) >= 11 is 5.55. The zero-order chi connectivity index (χ0) is 12.9. The van der Waals surface area contributed by atoms with Crippen LogP contribution in [0.2, 0.25) is 0 Å². The number of hydrogen-bond acceptors (Lipinski definition) is 2. The fourth-order valence-corrected chi connectivity index (χ4v) is 3.06. The van der Waals surface area contributed by atoms with Crippen molar-refractivity contribution in [2.24, 2.45) is 0 Å². The number of nitrogens with zero attached hydrogens (tertiary/aromatic N) is 1. The van der Waals surface area contributed by atoms with Crippen LogP contribution < -0.4 is 0 Å². The van der Waals surface area contributed by atoms with Crippen LogP contribution in [-0.4, -0.2) is 32.2 Å². The maximum atomic E-state index is 12.1. The number of alkyl halides is 1. The molecule has 0 heterocycles. The van der Waals surface area contributed by atoms with Gasteiger partial charge in [-0.2, -0.15) is 4.31 Å². The average Bonchev–Trinajstić information content (AvgIpc) is 2.30. The molecule has 0 aliphatic rings. The Labute approximate surface area is 108 Å². The number of halogens is 1. The minimum Gasteiger partial charge on any atom is -0.207 e. The average molecular weight is 276 g/mol. The van der Waals surface area contributed by atoms with Gasteiger partial charge in [-0.05, 0) is 24.1 Å². The van der Waals surface area contributed by atoms with Gasteiger partial charge in [-0.25, -0.2) is 8.42 Å². The second kappa shape index (κ2) is 6.38. The maximum Gasteiger partial charge on any atom is 0.242 e. The van der Waals surface area contributed by atoms with Gasteiger partial charge in [0, 0.05) is 19.5 Å². The normalized spacial score (nSPS) is 12.0. The van der Waals surface area contributed by atoms with Crippen molar-refractivity contribution in [2.45, 2.75) is 24.7 Å². The number of benzene rings is 1. The summed E-state index contributed by atoms with van der Waals surface area (Å²) in [6.45, 7) is 2.42. The minimum absolute atomic E-state index is 0.295. The molecule has 0 amide bonds. The van der Waals surface area contributed by atoms with Crippen LogP contribution in [0.25, 0.3) is 0 Å². The fourth-order valence-electron chi connectivity index (χ4n) is 1.54. The van der Waals surface area contributed by atoms with E-state index in [2.05, 4.69) is 6.92 Å². The number of aryl methyl sites for hydroxylation is 1. The van der Waals surface area contributed by atoms with E-state index in [-0.39, 0.29) is 0 Å². The van der Waals surface area contributed by atoms with Gasteiger partial charge in [0.05, 0.1) is 4.90 Å². The third-order valence-electron chi connectivity index (χ3n) is 2.57. The summed E-state index contributed by atoms with van der Waals surface area (Å²) < 4.78 is 25.4. The largest absolute Gasteiger partial charge is 0.242 e. The predicted octanol–water partition coefficient (Wildman–Crippen LogP) is 2.50. The van der Waals surface area contributed by atoms with Crippen molar-refractivity contribution in [3.63, 3.8) is 0 Å². The van der Waals surface area contributed by atoms with Gasteiger partial charge in [0.2, 0.25) is 10.0 Å². The Kier molecular flexibility index (Phi) is 5.43. The Morgan fingerprint density at radius 3 is 2.29 bits per heavy atom. The van der Waals surface area contributed by atoms with E-state index in [9.17, 15) is 8.42 Å². The van der Waals surface area contributed by atoms with Crippen LogP contribution in [0.15, 0.2) is 29.2 Å². The van der Waals surface area contributed by atoms with E-state index in [0.29, 0.717) is 17.3 Å². The topological polar surface area (TPSA) is 37.4 Å². The van der Waals surface area contributed by atoms with Gasteiger partial charge in [0.25, 0.3) is 0 Å². The molecule has 0 radical (unpaired) electrons.